The molecule has 1 rings (SSSR count). The topological polar surface area (TPSA) is 35.2 Å². The molecule has 12 heavy (non-hydrogen) atoms. The SMILES string of the molecule is CC(C)OCCC1(N)CCCC1. The van der Waals surface area contributed by atoms with Gasteiger partial charge in [0.2, 0.25) is 0 Å². The summed E-state index contributed by atoms with van der Waals surface area (Å²) in [6.07, 6.45) is 6.36. The molecule has 0 aromatic carbocycles. The van der Waals surface area contributed by atoms with Gasteiger partial charge < -0.3 is 10.5 Å². The molecule has 0 atom stereocenters. The Hall–Kier alpha value is -0.0800. The standard InChI is InChI=1S/C10H21NO/c1-9(2)12-8-7-10(11)5-3-4-6-10/h9H,3-8,11H2,1-2H3. The number of nitrogens with two attached hydrogens (primary N) is 1. The summed E-state index contributed by atoms with van der Waals surface area (Å²) in [5, 5.41) is 0. The van der Waals surface area contributed by atoms with Gasteiger partial charge in [-0.1, -0.05) is 12.8 Å². The average Bonchev–Trinajstić information content (AvgIpc) is 2.35. The lowest BCUT2D eigenvalue weighted by Crippen LogP contribution is -2.37. The van der Waals surface area contributed by atoms with E-state index in [4.69, 9.17) is 10.5 Å². The van der Waals surface area contributed by atoms with Crippen molar-refractivity contribution in [1.29, 1.82) is 0 Å². The maximum atomic E-state index is 6.17. The predicted octanol–water partition coefficient (Wildman–Crippen LogP) is 2.07. The summed E-state index contributed by atoms with van der Waals surface area (Å²) in [4.78, 5) is 0. The Balaban J connectivity index is 2.13. The van der Waals surface area contributed by atoms with Gasteiger partial charge in [-0.15, -0.1) is 0 Å². The summed E-state index contributed by atoms with van der Waals surface area (Å²) < 4.78 is 5.49. The molecule has 0 spiro atoms. The van der Waals surface area contributed by atoms with Crippen LogP contribution in [-0.2, 0) is 4.74 Å². The lowest BCUT2D eigenvalue weighted by Gasteiger charge is -2.23. The van der Waals surface area contributed by atoms with Crippen LogP contribution in [0.1, 0.15) is 46.0 Å². The lowest BCUT2D eigenvalue weighted by atomic mass is 9.95. The van der Waals surface area contributed by atoms with Gasteiger partial charge in [0.1, 0.15) is 0 Å². The molecule has 0 aromatic rings. The smallest absolute Gasteiger partial charge is 0.0518 e. The monoisotopic (exact) mass is 171 g/mol. The summed E-state index contributed by atoms with van der Waals surface area (Å²) >= 11 is 0. The van der Waals surface area contributed by atoms with Gasteiger partial charge in [0.15, 0.2) is 0 Å². The second-order valence-corrected chi connectivity index (χ2v) is 4.24. The molecule has 2 heteroatoms. The van der Waals surface area contributed by atoms with E-state index in [1.807, 2.05) is 0 Å². The Morgan fingerprint density at radius 3 is 2.42 bits per heavy atom. The van der Waals surface area contributed by atoms with Gasteiger partial charge in [0, 0.05) is 12.1 Å². The van der Waals surface area contributed by atoms with Crippen molar-refractivity contribution in [2.24, 2.45) is 5.73 Å². The largest absolute Gasteiger partial charge is 0.379 e. The van der Waals surface area contributed by atoms with Crippen LogP contribution in [0.5, 0.6) is 0 Å². The van der Waals surface area contributed by atoms with E-state index in [1.54, 1.807) is 0 Å². The van der Waals surface area contributed by atoms with Crippen molar-refractivity contribution >= 4 is 0 Å². The average molecular weight is 171 g/mol. The predicted molar refractivity (Wildman–Crippen MR) is 51.1 cm³/mol. The molecule has 0 aliphatic heterocycles. The minimum atomic E-state index is 0.106. The number of hydrogen-bond acceptors (Lipinski definition) is 2. The van der Waals surface area contributed by atoms with E-state index in [1.165, 1.54) is 25.7 Å². The van der Waals surface area contributed by atoms with Crippen molar-refractivity contribution in [3.8, 4) is 0 Å². The molecule has 0 unspecified atom stereocenters. The number of hydrogen-bond donors (Lipinski definition) is 1. The van der Waals surface area contributed by atoms with Crippen LogP contribution in [-0.4, -0.2) is 18.2 Å². The highest BCUT2D eigenvalue weighted by molar-refractivity contribution is 4.88. The molecule has 1 aliphatic carbocycles. The molecule has 1 aliphatic rings. The third kappa shape index (κ3) is 3.11. The second kappa shape index (κ2) is 4.24. The zero-order valence-electron chi connectivity index (χ0n) is 8.31. The summed E-state index contributed by atoms with van der Waals surface area (Å²) in [5.41, 5.74) is 6.27. The molecule has 0 bridgehead atoms. The highest BCUT2D eigenvalue weighted by atomic mass is 16.5. The quantitative estimate of drug-likeness (QED) is 0.702. The molecule has 1 fully saturated rings. The molecule has 72 valence electrons. The van der Waals surface area contributed by atoms with Gasteiger partial charge in [-0.2, -0.15) is 0 Å². The molecular formula is C10H21NO. The first kappa shape index (κ1) is 10.0. The molecular weight excluding hydrogens is 150 g/mol. The fourth-order valence-corrected chi connectivity index (χ4v) is 1.83. The van der Waals surface area contributed by atoms with Gasteiger partial charge in [0.25, 0.3) is 0 Å². The molecule has 0 amide bonds. The Labute approximate surface area is 75.5 Å². The van der Waals surface area contributed by atoms with Crippen LogP contribution < -0.4 is 5.73 Å². The molecule has 2 N–H and O–H groups in total. The van der Waals surface area contributed by atoms with Gasteiger partial charge in [-0.3, -0.25) is 0 Å². The van der Waals surface area contributed by atoms with Crippen LogP contribution in [0.2, 0.25) is 0 Å². The Kier molecular flexibility index (Phi) is 3.53. The van der Waals surface area contributed by atoms with Crippen LogP contribution in [0.15, 0.2) is 0 Å². The van der Waals surface area contributed by atoms with E-state index in [9.17, 15) is 0 Å². The maximum absolute atomic E-state index is 6.17. The van der Waals surface area contributed by atoms with Crippen molar-refractivity contribution in [3.63, 3.8) is 0 Å². The highest BCUT2D eigenvalue weighted by Gasteiger charge is 2.28. The normalized spacial score (nSPS) is 22.0. The van der Waals surface area contributed by atoms with Gasteiger partial charge >= 0.3 is 0 Å². The molecule has 0 saturated heterocycles. The number of rotatable bonds is 4. The Morgan fingerprint density at radius 2 is 1.92 bits per heavy atom. The fraction of sp³-hybridized carbons (Fsp3) is 1.00. The number of ether oxygens (including phenoxy) is 1. The summed E-state index contributed by atoms with van der Waals surface area (Å²) in [6, 6.07) is 0. The minimum absolute atomic E-state index is 0.106. The van der Waals surface area contributed by atoms with E-state index < -0.39 is 0 Å². The first-order valence-corrected chi connectivity index (χ1v) is 5.03. The van der Waals surface area contributed by atoms with E-state index in [2.05, 4.69) is 13.8 Å². The second-order valence-electron chi connectivity index (χ2n) is 4.24. The van der Waals surface area contributed by atoms with E-state index in [0.717, 1.165) is 13.0 Å². The van der Waals surface area contributed by atoms with Crippen LogP contribution in [0, 0.1) is 0 Å². The highest BCUT2D eigenvalue weighted by Crippen LogP contribution is 2.29. The van der Waals surface area contributed by atoms with Crippen molar-refractivity contribution in [2.45, 2.75) is 57.6 Å². The maximum Gasteiger partial charge on any atom is 0.0518 e. The first-order valence-electron chi connectivity index (χ1n) is 5.03. The zero-order valence-corrected chi connectivity index (χ0v) is 8.31. The first-order chi connectivity index (χ1) is 5.62. The molecule has 2 nitrogen and oxygen atoms in total. The zero-order chi connectivity index (χ0) is 9.03. The van der Waals surface area contributed by atoms with Crippen LogP contribution >= 0.6 is 0 Å². The molecule has 0 aromatic heterocycles. The Morgan fingerprint density at radius 1 is 1.33 bits per heavy atom. The third-order valence-corrected chi connectivity index (χ3v) is 2.65. The van der Waals surface area contributed by atoms with Gasteiger partial charge in [0.05, 0.1) is 6.10 Å². The van der Waals surface area contributed by atoms with E-state index in [-0.39, 0.29) is 5.54 Å². The minimum Gasteiger partial charge on any atom is -0.379 e. The fourth-order valence-electron chi connectivity index (χ4n) is 1.83. The van der Waals surface area contributed by atoms with Gasteiger partial charge in [-0.05, 0) is 33.1 Å². The van der Waals surface area contributed by atoms with Crippen molar-refractivity contribution < 1.29 is 4.74 Å². The lowest BCUT2D eigenvalue weighted by molar-refractivity contribution is 0.0651. The van der Waals surface area contributed by atoms with Crippen LogP contribution in [0.4, 0.5) is 0 Å². The van der Waals surface area contributed by atoms with Gasteiger partial charge in [-0.25, -0.2) is 0 Å². The summed E-state index contributed by atoms with van der Waals surface area (Å²) in [6.45, 7) is 4.96. The third-order valence-electron chi connectivity index (χ3n) is 2.65. The molecule has 1 saturated carbocycles. The van der Waals surface area contributed by atoms with E-state index in [0.29, 0.717) is 6.10 Å². The van der Waals surface area contributed by atoms with Crippen molar-refractivity contribution in [1.82, 2.24) is 0 Å². The summed E-state index contributed by atoms with van der Waals surface area (Å²) in [5.74, 6) is 0. The molecule has 0 heterocycles. The summed E-state index contributed by atoms with van der Waals surface area (Å²) in [7, 11) is 0. The van der Waals surface area contributed by atoms with Crippen LogP contribution in [0.25, 0.3) is 0 Å². The molecule has 0 radical (unpaired) electrons. The van der Waals surface area contributed by atoms with E-state index >= 15 is 0 Å². The van der Waals surface area contributed by atoms with Crippen LogP contribution in [0.3, 0.4) is 0 Å². The Bertz CT molecular complexity index is 128. The van der Waals surface area contributed by atoms with Crippen molar-refractivity contribution in [2.75, 3.05) is 6.61 Å². The van der Waals surface area contributed by atoms with Crippen molar-refractivity contribution in [3.05, 3.63) is 0 Å².